The molecule has 0 saturated heterocycles. The van der Waals surface area contributed by atoms with Crippen LogP contribution in [0.2, 0.25) is 0 Å². The van der Waals surface area contributed by atoms with Crippen molar-refractivity contribution in [3.8, 4) is 10.6 Å². The summed E-state index contributed by atoms with van der Waals surface area (Å²) in [5, 5.41) is 6.47. The quantitative estimate of drug-likeness (QED) is 0.910. The van der Waals surface area contributed by atoms with Crippen molar-refractivity contribution in [2.24, 2.45) is 0 Å². The van der Waals surface area contributed by atoms with Crippen molar-refractivity contribution in [1.82, 2.24) is 10.3 Å². The van der Waals surface area contributed by atoms with Crippen molar-refractivity contribution in [2.75, 3.05) is 13.6 Å². The second-order valence-corrected chi connectivity index (χ2v) is 5.61. The number of hydrogen-bond donors (Lipinski definition) is 1. The van der Waals surface area contributed by atoms with Crippen molar-refractivity contribution in [3.05, 3.63) is 39.9 Å². The van der Waals surface area contributed by atoms with Crippen LogP contribution in [-0.4, -0.2) is 18.6 Å². The summed E-state index contributed by atoms with van der Waals surface area (Å²) in [6.07, 6.45) is 0.997. The minimum Gasteiger partial charge on any atom is -0.319 e. The molecule has 1 aromatic carbocycles. The lowest BCUT2D eigenvalue weighted by atomic mass is 10.0. The number of likely N-dealkylation sites (N-methyl/N-ethyl adjacent to an activating group) is 1. The third-order valence-corrected chi connectivity index (χ3v) is 4.18. The Morgan fingerprint density at radius 1 is 1.11 bits per heavy atom. The van der Waals surface area contributed by atoms with Gasteiger partial charge in [-0.2, -0.15) is 0 Å². The van der Waals surface area contributed by atoms with Gasteiger partial charge in [0.05, 0.1) is 5.69 Å². The lowest BCUT2D eigenvalue weighted by Gasteiger charge is -2.07. The Kier molecular flexibility index (Phi) is 4.15. The minimum atomic E-state index is 0.981. The maximum atomic E-state index is 4.73. The molecule has 0 radical (unpaired) electrons. The Labute approximate surface area is 113 Å². The molecule has 0 saturated carbocycles. The molecule has 0 aliphatic carbocycles. The van der Waals surface area contributed by atoms with Gasteiger partial charge in [-0.3, -0.25) is 0 Å². The average Bonchev–Trinajstić information content (AvgIpc) is 2.79. The summed E-state index contributed by atoms with van der Waals surface area (Å²) in [5.41, 5.74) is 6.46. The molecule has 1 N–H and O–H groups in total. The Morgan fingerprint density at radius 3 is 2.56 bits per heavy atom. The highest BCUT2D eigenvalue weighted by atomic mass is 32.1. The minimum absolute atomic E-state index is 0.981. The molecule has 0 amide bonds. The molecule has 0 fully saturated rings. The van der Waals surface area contributed by atoms with E-state index in [9.17, 15) is 0 Å². The van der Waals surface area contributed by atoms with Crippen LogP contribution in [0.1, 0.15) is 22.4 Å². The first-order valence-corrected chi connectivity index (χ1v) is 7.17. The second kappa shape index (κ2) is 5.63. The van der Waals surface area contributed by atoms with Gasteiger partial charge in [-0.15, -0.1) is 11.3 Å². The van der Waals surface area contributed by atoms with Gasteiger partial charge in [-0.25, -0.2) is 4.98 Å². The fourth-order valence-electron chi connectivity index (χ4n) is 1.99. The van der Waals surface area contributed by atoms with E-state index in [1.807, 2.05) is 7.05 Å². The van der Waals surface area contributed by atoms with Gasteiger partial charge in [0.25, 0.3) is 0 Å². The lowest BCUT2D eigenvalue weighted by molar-refractivity contribution is 0.780. The fourth-order valence-corrected chi connectivity index (χ4v) is 2.92. The third-order valence-electron chi connectivity index (χ3n) is 3.25. The van der Waals surface area contributed by atoms with Crippen molar-refractivity contribution >= 4 is 11.3 Å². The average molecular weight is 260 g/mol. The Bertz CT molecular complexity index is 543. The number of hydrogen-bond acceptors (Lipinski definition) is 3. The maximum Gasteiger partial charge on any atom is 0.123 e. The number of benzene rings is 1. The first kappa shape index (κ1) is 13.2. The zero-order valence-electron chi connectivity index (χ0n) is 11.5. The molecule has 96 valence electrons. The van der Waals surface area contributed by atoms with Gasteiger partial charge in [0, 0.05) is 23.9 Å². The molecule has 18 heavy (non-hydrogen) atoms. The molecular weight excluding hydrogens is 240 g/mol. The first-order valence-electron chi connectivity index (χ1n) is 6.29. The van der Waals surface area contributed by atoms with E-state index < -0.39 is 0 Å². The Balaban J connectivity index is 2.31. The second-order valence-electron chi connectivity index (χ2n) is 4.75. The molecule has 1 aromatic heterocycles. The molecule has 1 heterocycles. The summed E-state index contributed by atoms with van der Waals surface area (Å²) in [7, 11) is 1.97. The molecule has 0 unspecified atom stereocenters. The van der Waals surface area contributed by atoms with Crippen LogP contribution in [0.25, 0.3) is 10.6 Å². The number of nitrogens with zero attached hydrogens (tertiary/aromatic N) is 1. The van der Waals surface area contributed by atoms with Crippen LogP contribution in [0.5, 0.6) is 0 Å². The highest BCUT2D eigenvalue weighted by molar-refractivity contribution is 7.13. The third kappa shape index (κ3) is 2.79. The highest BCUT2D eigenvalue weighted by Crippen LogP contribution is 2.29. The highest BCUT2D eigenvalue weighted by Gasteiger charge is 2.09. The van der Waals surface area contributed by atoms with Gasteiger partial charge in [0.2, 0.25) is 0 Å². The zero-order valence-corrected chi connectivity index (χ0v) is 12.3. The van der Waals surface area contributed by atoms with Crippen molar-refractivity contribution in [2.45, 2.75) is 27.2 Å². The van der Waals surface area contributed by atoms with Crippen molar-refractivity contribution < 1.29 is 0 Å². The predicted octanol–water partition coefficient (Wildman–Crippen LogP) is 3.50. The number of aromatic nitrogens is 1. The topological polar surface area (TPSA) is 24.9 Å². The summed E-state index contributed by atoms with van der Waals surface area (Å²) in [6.45, 7) is 7.46. The van der Waals surface area contributed by atoms with Gasteiger partial charge < -0.3 is 5.32 Å². The molecule has 3 heteroatoms. The van der Waals surface area contributed by atoms with Crippen LogP contribution in [-0.2, 0) is 6.42 Å². The molecule has 0 spiro atoms. The largest absolute Gasteiger partial charge is 0.319 e. The molecule has 0 aliphatic heterocycles. The molecule has 0 bridgehead atoms. The smallest absolute Gasteiger partial charge is 0.123 e. The van der Waals surface area contributed by atoms with E-state index in [1.165, 1.54) is 27.9 Å². The van der Waals surface area contributed by atoms with E-state index in [2.05, 4.69) is 43.6 Å². The van der Waals surface area contributed by atoms with Crippen molar-refractivity contribution in [1.29, 1.82) is 0 Å². The fraction of sp³-hybridized carbons (Fsp3) is 0.400. The van der Waals surface area contributed by atoms with E-state index >= 15 is 0 Å². The van der Waals surface area contributed by atoms with E-state index in [0.717, 1.165) is 18.0 Å². The van der Waals surface area contributed by atoms with Gasteiger partial charge in [0.1, 0.15) is 5.01 Å². The lowest BCUT2D eigenvalue weighted by Crippen LogP contribution is -2.10. The van der Waals surface area contributed by atoms with Crippen LogP contribution in [0, 0.1) is 20.8 Å². The molecule has 2 rings (SSSR count). The summed E-state index contributed by atoms with van der Waals surface area (Å²) >= 11 is 1.74. The van der Waals surface area contributed by atoms with Gasteiger partial charge in [0.15, 0.2) is 0 Å². The first-order chi connectivity index (χ1) is 8.61. The predicted molar refractivity (Wildman–Crippen MR) is 79.4 cm³/mol. The number of rotatable bonds is 4. The van der Waals surface area contributed by atoms with Crippen molar-refractivity contribution in [3.63, 3.8) is 0 Å². The normalized spacial score (nSPS) is 10.9. The van der Waals surface area contributed by atoms with Crippen LogP contribution in [0.4, 0.5) is 0 Å². The van der Waals surface area contributed by atoms with Crippen LogP contribution in [0.3, 0.4) is 0 Å². The monoisotopic (exact) mass is 260 g/mol. The van der Waals surface area contributed by atoms with Crippen LogP contribution < -0.4 is 5.32 Å². The number of aryl methyl sites for hydroxylation is 3. The van der Waals surface area contributed by atoms with E-state index in [-0.39, 0.29) is 0 Å². The summed E-state index contributed by atoms with van der Waals surface area (Å²) in [5.74, 6) is 0. The standard InChI is InChI=1S/C15H20N2S/c1-10-7-12(3)14(8-11(10)2)15-17-13(9-18-15)5-6-16-4/h7-9,16H,5-6H2,1-4H3. The number of nitrogens with one attached hydrogen (secondary N) is 1. The van der Waals surface area contributed by atoms with Gasteiger partial charge in [-0.05, 0) is 50.6 Å². The summed E-state index contributed by atoms with van der Waals surface area (Å²) in [4.78, 5) is 4.73. The molecule has 2 nitrogen and oxygen atoms in total. The molecule has 2 aromatic rings. The van der Waals surface area contributed by atoms with E-state index in [0.29, 0.717) is 0 Å². The van der Waals surface area contributed by atoms with E-state index in [4.69, 9.17) is 4.98 Å². The molecule has 0 atom stereocenters. The SMILES string of the molecule is CNCCc1csc(-c2cc(C)c(C)cc2C)n1. The summed E-state index contributed by atoms with van der Waals surface area (Å²) in [6, 6.07) is 4.50. The van der Waals surface area contributed by atoms with Gasteiger partial charge in [-0.1, -0.05) is 6.07 Å². The summed E-state index contributed by atoms with van der Waals surface area (Å²) < 4.78 is 0. The van der Waals surface area contributed by atoms with Crippen LogP contribution in [0.15, 0.2) is 17.5 Å². The molecular formula is C15H20N2S. The van der Waals surface area contributed by atoms with E-state index in [1.54, 1.807) is 11.3 Å². The van der Waals surface area contributed by atoms with Crippen LogP contribution >= 0.6 is 11.3 Å². The van der Waals surface area contributed by atoms with Gasteiger partial charge >= 0.3 is 0 Å². The maximum absolute atomic E-state index is 4.73. The molecule has 0 aliphatic rings. The Morgan fingerprint density at radius 2 is 1.83 bits per heavy atom. The Hall–Kier alpha value is -1.19. The number of thiazole rings is 1. The zero-order chi connectivity index (χ0) is 13.1.